The van der Waals surface area contributed by atoms with E-state index in [1.54, 1.807) is 30.3 Å². The van der Waals surface area contributed by atoms with Gasteiger partial charge in [0.15, 0.2) is 6.61 Å². The van der Waals surface area contributed by atoms with Gasteiger partial charge in [-0.25, -0.2) is 0 Å². The van der Waals surface area contributed by atoms with Crippen molar-refractivity contribution in [2.45, 2.75) is 12.7 Å². The number of hydrogen-bond acceptors (Lipinski definition) is 3. The normalized spacial score (nSPS) is 11.3. The Morgan fingerprint density at radius 2 is 1.89 bits per heavy atom. The smallest absolute Gasteiger partial charge is 0.422 e. The highest BCUT2D eigenvalue weighted by atomic mass is 19.4. The van der Waals surface area contributed by atoms with Crippen molar-refractivity contribution < 1.29 is 22.3 Å². The van der Waals surface area contributed by atoms with E-state index in [0.717, 1.165) is 0 Å². The molecule has 0 fully saturated rings. The third kappa shape index (κ3) is 4.24. The second-order valence-corrected chi connectivity index (χ2v) is 3.83. The zero-order chi connectivity index (χ0) is 13.7. The van der Waals surface area contributed by atoms with E-state index in [0.29, 0.717) is 18.0 Å². The van der Waals surface area contributed by atoms with Gasteiger partial charge in [0.1, 0.15) is 11.5 Å². The molecule has 0 saturated heterocycles. The zero-order valence-corrected chi connectivity index (χ0v) is 9.91. The van der Waals surface area contributed by atoms with Crippen molar-refractivity contribution in [2.75, 3.05) is 11.9 Å². The molecule has 0 radical (unpaired) electrons. The number of halogens is 3. The first-order chi connectivity index (χ1) is 9.04. The number of furan rings is 1. The minimum Gasteiger partial charge on any atom is -0.482 e. The highest BCUT2D eigenvalue weighted by molar-refractivity contribution is 5.56. The molecule has 2 rings (SSSR count). The molecular weight excluding hydrogens is 259 g/mol. The molecule has 0 atom stereocenters. The van der Waals surface area contributed by atoms with Crippen molar-refractivity contribution in [1.29, 1.82) is 0 Å². The van der Waals surface area contributed by atoms with Gasteiger partial charge in [0.05, 0.1) is 18.5 Å². The van der Waals surface area contributed by atoms with E-state index in [2.05, 4.69) is 5.32 Å². The molecule has 0 unspecified atom stereocenters. The minimum absolute atomic E-state index is 0.159. The van der Waals surface area contributed by atoms with Gasteiger partial charge < -0.3 is 14.5 Å². The van der Waals surface area contributed by atoms with E-state index in [1.165, 1.54) is 12.3 Å². The SMILES string of the molecule is FC(F)(F)COc1ccccc1NCc1ccco1. The maximum absolute atomic E-state index is 12.1. The summed E-state index contributed by atoms with van der Waals surface area (Å²) in [5.74, 6) is 0.844. The fraction of sp³-hybridized carbons (Fsp3) is 0.231. The number of benzene rings is 1. The van der Waals surface area contributed by atoms with Crippen LogP contribution < -0.4 is 10.1 Å². The molecule has 0 amide bonds. The Kier molecular flexibility index (Phi) is 3.99. The van der Waals surface area contributed by atoms with Crippen LogP contribution in [0.4, 0.5) is 18.9 Å². The lowest BCUT2D eigenvalue weighted by Crippen LogP contribution is -2.19. The summed E-state index contributed by atoms with van der Waals surface area (Å²) in [5.41, 5.74) is 0.489. The topological polar surface area (TPSA) is 34.4 Å². The van der Waals surface area contributed by atoms with Crippen LogP contribution in [-0.4, -0.2) is 12.8 Å². The molecule has 6 heteroatoms. The molecule has 1 aromatic carbocycles. The lowest BCUT2D eigenvalue weighted by Gasteiger charge is -2.13. The van der Waals surface area contributed by atoms with Crippen LogP contribution in [-0.2, 0) is 6.54 Å². The molecule has 0 bridgehead atoms. The van der Waals surface area contributed by atoms with Crippen molar-refractivity contribution in [3.05, 3.63) is 48.4 Å². The quantitative estimate of drug-likeness (QED) is 0.897. The van der Waals surface area contributed by atoms with E-state index in [-0.39, 0.29) is 5.75 Å². The summed E-state index contributed by atoms with van der Waals surface area (Å²) in [7, 11) is 0. The predicted octanol–water partition coefficient (Wildman–Crippen LogP) is 3.83. The molecule has 2 aromatic rings. The number of hydrogen-bond donors (Lipinski definition) is 1. The summed E-state index contributed by atoms with van der Waals surface area (Å²) in [5, 5.41) is 2.97. The molecule has 3 nitrogen and oxygen atoms in total. The molecule has 1 aromatic heterocycles. The predicted molar refractivity (Wildman–Crippen MR) is 64.0 cm³/mol. The summed E-state index contributed by atoms with van der Waals surface area (Å²) in [6.45, 7) is -0.939. The molecule has 0 aliphatic rings. The maximum Gasteiger partial charge on any atom is 0.422 e. The van der Waals surface area contributed by atoms with E-state index in [9.17, 15) is 13.2 Å². The molecular formula is C13H12F3NO2. The van der Waals surface area contributed by atoms with Crippen LogP contribution in [0.2, 0.25) is 0 Å². The fourth-order valence-electron chi connectivity index (χ4n) is 1.49. The van der Waals surface area contributed by atoms with Gasteiger partial charge in [-0.2, -0.15) is 13.2 Å². The Hall–Kier alpha value is -2.11. The number of ether oxygens (including phenoxy) is 1. The van der Waals surface area contributed by atoms with Gasteiger partial charge in [-0.3, -0.25) is 0 Å². The Balaban J connectivity index is 1.99. The highest BCUT2D eigenvalue weighted by Crippen LogP contribution is 2.26. The molecule has 102 valence electrons. The Morgan fingerprint density at radius 3 is 2.58 bits per heavy atom. The largest absolute Gasteiger partial charge is 0.482 e. The van der Waals surface area contributed by atoms with Crippen LogP contribution in [0.3, 0.4) is 0 Å². The van der Waals surface area contributed by atoms with Crippen LogP contribution in [0.1, 0.15) is 5.76 Å². The van der Waals surface area contributed by atoms with Crippen LogP contribution in [0.5, 0.6) is 5.75 Å². The van der Waals surface area contributed by atoms with Crippen LogP contribution in [0, 0.1) is 0 Å². The minimum atomic E-state index is -4.35. The van der Waals surface area contributed by atoms with Gasteiger partial charge >= 0.3 is 6.18 Å². The Morgan fingerprint density at radius 1 is 1.11 bits per heavy atom. The van der Waals surface area contributed by atoms with Gasteiger partial charge in [-0.15, -0.1) is 0 Å². The van der Waals surface area contributed by atoms with Crippen molar-refractivity contribution in [2.24, 2.45) is 0 Å². The average Bonchev–Trinajstić information content (AvgIpc) is 2.87. The molecule has 0 aliphatic heterocycles. The summed E-state index contributed by atoms with van der Waals surface area (Å²) in [6, 6.07) is 9.97. The van der Waals surface area contributed by atoms with Gasteiger partial charge in [0.25, 0.3) is 0 Å². The number of rotatable bonds is 5. The van der Waals surface area contributed by atoms with Gasteiger partial charge in [0, 0.05) is 0 Å². The number of para-hydroxylation sites is 2. The number of anilines is 1. The van der Waals surface area contributed by atoms with Crippen LogP contribution in [0.25, 0.3) is 0 Å². The maximum atomic E-state index is 12.1. The first kappa shape index (κ1) is 13.3. The van der Waals surface area contributed by atoms with Crippen molar-refractivity contribution >= 4 is 5.69 Å². The van der Waals surface area contributed by atoms with Crippen LogP contribution >= 0.6 is 0 Å². The second kappa shape index (κ2) is 5.69. The Labute approximate surface area is 108 Å². The number of nitrogens with one attached hydrogen (secondary N) is 1. The summed E-state index contributed by atoms with van der Waals surface area (Å²) >= 11 is 0. The third-order valence-electron chi connectivity index (χ3n) is 2.31. The van der Waals surface area contributed by atoms with E-state index < -0.39 is 12.8 Å². The van der Waals surface area contributed by atoms with E-state index in [4.69, 9.17) is 9.15 Å². The van der Waals surface area contributed by atoms with Gasteiger partial charge in [-0.1, -0.05) is 12.1 Å². The molecule has 0 spiro atoms. The van der Waals surface area contributed by atoms with E-state index in [1.807, 2.05) is 0 Å². The Bertz CT molecular complexity index is 509. The second-order valence-electron chi connectivity index (χ2n) is 3.83. The number of alkyl halides is 3. The highest BCUT2D eigenvalue weighted by Gasteiger charge is 2.28. The molecule has 1 heterocycles. The lowest BCUT2D eigenvalue weighted by atomic mass is 10.3. The summed E-state index contributed by atoms with van der Waals surface area (Å²) in [4.78, 5) is 0. The monoisotopic (exact) mass is 271 g/mol. The summed E-state index contributed by atoms with van der Waals surface area (Å²) in [6.07, 6.45) is -2.82. The first-order valence-corrected chi connectivity index (χ1v) is 5.59. The van der Waals surface area contributed by atoms with Crippen LogP contribution in [0.15, 0.2) is 47.1 Å². The van der Waals surface area contributed by atoms with Gasteiger partial charge in [0.2, 0.25) is 0 Å². The van der Waals surface area contributed by atoms with Gasteiger partial charge in [-0.05, 0) is 24.3 Å². The van der Waals surface area contributed by atoms with E-state index >= 15 is 0 Å². The molecule has 0 saturated carbocycles. The summed E-state index contributed by atoms with van der Waals surface area (Å²) < 4.78 is 46.2. The lowest BCUT2D eigenvalue weighted by molar-refractivity contribution is -0.153. The van der Waals surface area contributed by atoms with Crippen molar-refractivity contribution in [3.8, 4) is 5.75 Å². The van der Waals surface area contributed by atoms with Crippen molar-refractivity contribution in [1.82, 2.24) is 0 Å². The zero-order valence-electron chi connectivity index (χ0n) is 9.91. The molecule has 19 heavy (non-hydrogen) atoms. The average molecular weight is 271 g/mol. The third-order valence-corrected chi connectivity index (χ3v) is 2.31. The first-order valence-electron chi connectivity index (χ1n) is 5.59. The fourth-order valence-corrected chi connectivity index (χ4v) is 1.49. The molecule has 1 N–H and O–H groups in total. The molecule has 0 aliphatic carbocycles. The standard InChI is InChI=1S/C13H12F3NO2/c14-13(15,16)9-19-12-6-2-1-5-11(12)17-8-10-4-3-7-18-10/h1-7,17H,8-9H2. The van der Waals surface area contributed by atoms with Crippen molar-refractivity contribution in [3.63, 3.8) is 0 Å².